The van der Waals surface area contributed by atoms with E-state index < -0.39 is 0 Å². The van der Waals surface area contributed by atoms with Crippen molar-refractivity contribution in [2.24, 2.45) is 0 Å². The summed E-state index contributed by atoms with van der Waals surface area (Å²) in [6.45, 7) is 3.19. The van der Waals surface area contributed by atoms with Crippen molar-refractivity contribution in [1.82, 2.24) is 15.5 Å². The largest absolute Gasteiger partial charge is 0.338 e. The predicted molar refractivity (Wildman–Crippen MR) is 65.0 cm³/mol. The minimum atomic E-state index is 0.273. The highest BCUT2D eigenvalue weighted by atomic mass is 16.5. The second-order valence-corrected chi connectivity index (χ2v) is 4.98. The van der Waals surface area contributed by atoms with Gasteiger partial charge < -0.3 is 14.7 Å². The number of hydrogen-bond acceptors (Lipinski definition) is 5. The first-order chi connectivity index (χ1) is 8.43. The number of nitrogens with zero attached hydrogens (tertiary/aromatic N) is 3. The van der Waals surface area contributed by atoms with E-state index in [9.17, 15) is 0 Å². The van der Waals surface area contributed by atoms with E-state index in [4.69, 9.17) is 4.52 Å². The number of nitrogens with one attached hydrogen (secondary N) is 1. The average Bonchev–Trinajstić information content (AvgIpc) is 2.90. The summed E-state index contributed by atoms with van der Waals surface area (Å²) in [4.78, 5) is 6.78. The first-order valence-corrected chi connectivity index (χ1v) is 6.75. The Balaban J connectivity index is 1.68. The van der Waals surface area contributed by atoms with Crippen LogP contribution in [0.2, 0.25) is 0 Å². The lowest BCUT2D eigenvalue weighted by molar-refractivity contribution is 0.297. The van der Waals surface area contributed by atoms with Gasteiger partial charge in [0.25, 0.3) is 5.95 Å². The Hall–Kier alpha value is -1.10. The zero-order chi connectivity index (χ0) is 11.5. The minimum absolute atomic E-state index is 0.273. The van der Waals surface area contributed by atoms with Crippen LogP contribution in [0.1, 0.15) is 50.5 Å². The summed E-state index contributed by atoms with van der Waals surface area (Å²) >= 11 is 0. The maximum Gasteiger partial charge on any atom is 0.266 e. The molecule has 1 N–H and O–H groups in total. The van der Waals surface area contributed by atoms with Crippen molar-refractivity contribution in [2.45, 2.75) is 44.6 Å². The van der Waals surface area contributed by atoms with E-state index in [1.165, 1.54) is 32.1 Å². The molecule has 5 heteroatoms. The molecule has 1 atom stereocenters. The van der Waals surface area contributed by atoms with Crippen molar-refractivity contribution < 1.29 is 4.52 Å². The fourth-order valence-electron chi connectivity index (χ4n) is 2.65. The Kier molecular flexibility index (Phi) is 3.27. The van der Waals surface area contributed by atoms with Crippen molar-refractivity contribution in [3.8, 4) is 0 Å². The molecule has 1 aromatic rings. The van der Waals surface area contributed by atoms with E-state index in [0.717, 1.165) is 37.9 Å². The predicted octanol–water partition coefficient (Wildman–Crippen LogP) is 1.87. The van der Waals surface area contributed by atoms with Gasteiger partial charge in [0.15, 0.2) is 0 Å². The van der Waals surface area contributed by atoms with Crippen LogP contribution in [0.4, 0.5) is 5.95 Å². The highest BCUT2D eigenvalue weighted by molar-refractivity contribution is 5.28. The lowest BCUT2D eigenvalue weighted by Crippen LogP contribution is -2.30. The Morgan fingerprint density at radius 2 is 2.00 bits per heavy atom. The molecule has 2 aliphatic heterocycles. The van der Waals surface area contributed by atoms with Gasteiger partial charge in [-0.2, -0.15) is 4.98 Å². The third-order valence-corrected chi connectivity index (χ3v) is 3.68. The first-order valence-electron chi connectivity index (χ1n) is 6.75. The van der Waals surface area contributed by atoms with E-state index in [2.05, 4.69) is 20.4 Å². The minimum Gasteiger partial charge on any atom is -0.338 e. The summed E-state index contributed by atoms with van der Waals surface area (Å²) in [5.41, 5.74) is 0. The summed E-state index contributed by atoms with van der Waals surface area (Å²) in [5.74, 6) is 1.55. The standard InChI is InChI=1S/C12H20N4O/c1-4-8-16(9-5-1)12-14-11(17-15-12)10-6-2-3-7-13-10/h10,13H,1-9H2/t10-/m0/s1. The fourth-order valence-corrected chi connectivity index (χ4v) is 2.65. The van der Waals surface area contributed by atoms with Crippen molar-refractivity contribution in [2.75, 3.05) is 24.5 Å². The third kappa shape index (κ3) is 2.44. The maximum absolute atomic E-state index is 5.39. The molecule has 0 bridgehead atoms. The summed E-state index contributed by atoms with van der Waals surface area (Å²) < 4.78 is 5.39. The van der Waals surface area contributed by atoms with Crippen LogP contribution in [-0.2, 0) is 0 Å². The quantitative estimate of drug-likeness (QED) is 0.849. The maximum atomic E-state index is 5.39. The van der Waals surface area contributed by atoms with Gasteiger partial charge >= 0.3 is 0 Å². The van der Waals surface area contributed by atoms with E-state index in [1.807, 2.05) is 0 Å². The van der Waals surface area contributed by atoms with Crippen LogP contribution in [0, 0.1) is 0 Å². The second kappa shape index (κ2) is 5.04. The molecule has 0 unspecified atom stereocenters. The summed E-state index contributed by atoms with van der Waals surface area (Å²) in [5, 5.41) is 7.55. The highest BCUT2D eigenvalue weighted by Crippen LogP contribution is 2.24. The second-order valence-electron chi connectivity index (χ2n) is 4.98. The van der Waals surface area contributed by atoms with Gasteiger partial charge in [0.2, 0.25) is 5.89 Å². The SMILES string of the molecule is C1CCN(c2noc([C@@H]3CCCCN3)n2)CC1. The Bertz CT molecular complexity index is 321. The Morgan fingerprint density at radius 3 is 2.76 bits per heavy atom. The molecule has 2 aliphatic rings. The number of aromatic nitrogens is 2. The Labute approximate surface area is 102 Å². The summed E-state index contributed by atoms with van der Waals surface area (Å²) in [7, 11) is 0. The van der Waals surface area contributed by atoms with Gasteiger partial charge in [0.1, 0.15) is 0 Å². The molecule has 5 nitrogen and oxygen atoms in total. The summed E-state index contributed by atoms with van der Waals surface area (Å²) in [6.07, 6.45) is 7.42. The van der Waals surface area contributed by atoms with Crippen molar-refractivity contribution >= 4 is 5.95 Å². The van der Waals surface area contributed by atoms with Gasteiger partial charge in [0.05, 0.1) is 6.04 Å². The van der Waals surface area contributed by atoms with Crippen LogP contribution in [0.15, 0.2) is 4.52 Å². The van der Waals surface area contributed by atoms with Gasteiger partial charge in [-0.3, -0.25) is 0 Å². The topological polar surface area (TPSA) is 54.2 Å². The molecule has 17 heavy (non-hydrogen) atoms. The first kappa shape index (κ1) is 11.0. The number of hydrogen-bond donors (Lipinski definition) is 1. The normalized spacial score (nSPS) is 26.1. The molecule has 0 saturated carbocycles. The van der Waals surface area contributed by atoms with Crippen LogP contribution < -0.4 is 10.2 Å². The lowest BCUT2D eigenvalue weighted by Gasteiger charge is -2.24. The fraction of sp³-hybridized carbons (Fsp3) is 0.833. The molecule has 0 aromatic carbocycles. The monoisotopic (exact) mass is 236 g/mol. The zero-order valence-corrected chi connectivity index (χ0v) is 10.2. The van der Waals surface area contributed by atoms with Crippen LogP contribution >= 0.6 is 0 Å². The molecule has 0 amide bonds. The molecule has 2 fully saturated rings. The van der Waals surface area contributed by atoms with Crippen molar-refractivity contribution in [3.63, 3.8) is 0 Å². The summed E-state index contributed by atoms with van der Waals surface area (Å²) in [6, 6.07) is 0.273. The van der Waals surface area contributed by atoms with Gasteiger partial charge in [-0.1, -0.05) is 6.42 Å². The zero-order valence-electron chi connectivity index (χ0n) is 10.2. The van der Waals surface area contributed by atoms with Crippen molar-refractivity contribution in [3.05, 3.63) is 5.89 Å². The molecular formula is C12H20N4O. The third-order valence-electron chi connectivity index (χ3n) is 3.68. The van der Waals surface area contributed by atoms with Crippen molar-refractivity contribution in [1.29, 1.82) is 0 Å². The molecule has 3 heterocycles. The molecule has 1 aromatic heterocycles. The van der Waals surface area contributed by atoms with Gasteiger partial charge in [-0.05, 0) is 43.8 Å². The van der Waals surface area contributed by atoms with E-state index in [0.29, 0.717) is 0 Å². The number of anilines is 1. The molecule has 0 radical (unpaired) electrons. The van der Waals surface area contributed by atoms with Crippen LogP contribution in [-0.4, -0.2) is 29.8 Å². The molecule has 2 saturated heterocycles. The number of rotatable bonds is 2. The van der Waals surface area contributed by atoms with Gasteiger partial charge in [-0.15, -0.1) is 0 Å². The number of piperidine rings is 2. The van der Waals surface area contributed by atoms with Crippen LogP contribution in [0.5, 0.6) is 0 Å². The van der Waals surface area contributed by atoms with E-state index in [1.54, 1.807) is 0 Å². The van der Waals surface area contributed by atoms with Crippen LogP contribution in [0.3, 0.4) is 0 Å². The lowest BCUT2D eigenvalue weighted by atomic mass is 10.1. The van der Waals surface area contributed by atoms with E-state index >= 15 is 0 Å². The molecule has 94 valence electrons. The molecular weight excluding hydrogens is 216 g/mol. The van der Waals surface area contributed by atoms with Gasteiger partial charge in [0, 0.05) is 13.1 Å². The molecule has 3 rings (SSSR count). The highest BCUT2D eigenvalue weighted by Gasteiger charge is 2.23. The van der Waals surface area contributed by atoms with Crippen LogP contribution in [0.25, 0.3) is 0 Å². The average molecular weight is 236 g/mol. The molecule has 0 aliphatic carbocycles. The molecule has 0 spiro atoms. The Morgan fingerprint density at radius 1 is 1.12 bits per heavy atom. The van der Waals surface area contributed by atoms with E-state index in [-0.39, 0.29) is 6.04 Å². The smallest absolute Gasteiger partial charge is 0.266 e. The van der Waals surface area contributed by atoms with Gasteiger partial charge in [-0.25, -0.2) is 0 Å².